The second-order valence-electron chi connectivity index (χ2n) is 5.33. The van der Waals surface area contributed by atoms with Gasteiger partial charge in [-0.1, -0.05) is 25.0 Å². The molecule has 1 N–H and O–H groups in total. The molecule has 3 heteroatoms. The summed E-state index contributed by atoms with van der Waals surface area (Å²) >= 11 is 2.01. The van der Waals surface area contributed by atoms with Crippen LogP contribution in [0.15, 0.2) is 24.3 Å². The van der Waals surface area contributed by atoms with Crippen molar-refractivity contribution in [2.45, 2.75) is 49.9 Å². The third kappa shape index (κ3) is 3.90. The van der Waals surface area contributed by atoms with Gasteiger partial charge in [0, 0.05) is 17.3 Å². The van der Waals surface area contributed by atoms with E-state index in [1.165, 1.54) is 31.2 Å². The standard InChI is InChI=1S/C16H25NOS/c1-12(13-7-6-8-14(11-13)18-2)17-15-9-4-5-10-16(15)19-3/h6-8,11-12,15-17H,4-5,9-10H2,1-3H3. The first kappa shape index (κ1) is 14.7. The van der Waals surface area contributed by atoms with Crippen molar-refractivity contribution < 1.29 is 4.74 Å². The minimum Gasteiger partial charge on any atom is -0.497 e. The van der Waals surface area contributed by atoms with Crippen LogP contribution in [0.5, 0.6) is 5.75 Å². The van der Waals surface area contributed by atoms with E-state index in [1.807, 2.05) is 17.8 Å². The van der Waals surface area contributed by atoms with Gasteiger partial charge >= 0.3 is 0 Å². The van der Waals surface area contributed by atoms with E-state index in [2.05, 4.69) is 36.7 Å². The Kier molecular flexibility index (Phi) is 5.59. The van der Waals surface area contributed by atoms with Crippen molar-refractivity contribution in [3.8, 4) is 5.75 Å². The quantitative estimate of drug-likeness (QED) is 0.879. The van der Waals surface area contributed by atoms with E-state index in [4.69, 9.17) is 4.74 Å². The normalized spacial score (nSPS) is 25.0. The minimum absolute atomic E-state index is 0.382. The summed E-state index contributed by atoms with van der Waals surface area (Å²) in [4.78, 5) is 0. The summed E-state index contributed by atoms with van der Waals surface area (Å²) < 4.78 is 5.31. The summed E-state index contributed by atoms with van der Waals surface area (Å²) in [5, 5.41) is 4.58. The molecule has 1 fully saturated rings. The third-order valence-corrected chi connectivity index (χ3v) is 5.23. The summed E-state index contributed by atoms with van der Waals surface area (Å²) in [5.41, 5.74) is 1.31. The molecule has 2 rings (SSSR count). The van der Waals surface area contributed by atoms with Crippen LogP contribution in [0.25, 0.3) is 0 Å². The van der Waals surface area contributed by atoms with Crippen molar-refractivity contribution in [1.82, 2.24) is 5.32 Å². The van der Waals surface area contributed by atoms with Crippen molar-refractivity contribution in [3.63, 3.8) is 0 Å². The summed E-state index contributed by atoms with van der Waals surface area (Å²) in [5.74, 6) is 0.941. The van der Waals surface area contributed by atoms with Crippen molar-refractivity contribution in [2.75, 3.05) is 13.4 Å². The van der Waals surface area contributed by atoms with Gasteiger partial charge in [0.05, 0.1) is 7.11 Å². The van der Waals surface area contributed by atoms with Gasteiger partial charge in [0.15, 0.2) is 0 Å². The van der Waals surface area contributed by atoms with Gasteiger partial charge in [-0.15, -0.1) is 0 Å². The maximum atomic E-state index is 5.31. The number of thioether (sulfide) groups is 1. The van der Waals surface area contributed by atoms with Crippen LogP contribution >= 0.6 is 11.8 Å². The smallest absolute Gasteiger partial charge is 0.119 e. The molecule has 0 bridgehead atoms. The first-order chi connectivity index (χ1) is 9.24. The number of benzene rings is 1. The number of rotatable bonds is 5. The monoisotopic (exact) mass is 279 g/mol. The Hall–Kier alpha value is -0.670. The van der Waals surface area contributed by atoms with Crippen molar-refractivity contribution in [2.24, 2.45) is 0 Å². The maximum Gasteiger partial charge on any atom is 0.119 e. The fourth-order valence-electron chi connectivity index (χ4n) is 2.90. The van der Waals surface area contributed by atoms with Crippen LogP contribution in [0.2, 0.25) is 0 Å². The highest BCUT2D eigenvalue weighted by Crippen LogP contribution is 2.29. The van der Waals surface area contributed by atoms with E-state index in [-0.39, 0.29) is 0 Å². The number of methoxy groups -OCH3 is 1. The SMILES string of the molecule is COc1cccc(C(C)NC2CCCCC2SC)c1. The molecular formula is C16H25NOS. The topological polar surface area (TPSA) is 21.3 Å². The Balaban J connectivity index is 2.00. The molecule has 1 aliphatic carbocycles. The minimum atomic E-state index is 0.382. The summed E-state index contributed by atoms with van der Waals surface area (Å²) in [7, 11) is 1.72. The van der Waals surface area contributed by atoms with E-state index in [1.54, 1.807) is 7.11 Å². The molecule has 106 valence electrons. The number of nitrogens with one attached hydrogen (secondary N) is 1. The molecule has 0 radical (unpaired) electrons. The van der Waals surface area contributed by atoms with Gasteiger partial charge in [-0.25, -0.2) is 0 Å². The molecule has 19 heavy (non-hydrogen) atoms. The van der Waals surface area contributed by atoms with Crippen molar-refractivity contribution in [1.29, 1.82) is 0 Å². The molecule has 3 atom stereocenters. The zero-order valence-corrected chi connectivity index (χ0v) is 13.0. The lowest BCUT2D eigenvalue weighted by molar-refractivity contribution is 0.355. The summed E-state index contributed by atoms with van der Waals surface area (Å²) in [6, 6.07) is 9.41. The van der Waals surface area contributed by atoms with Crippen LogP contribution in [0.4, 0.5) is 0 Å². The van der Waals surface area contributed by atoms with Crippen LogP contribution in [-0.2, 0) is 0 Å². The van der Waals surface area contributed by atoms with E-state index >= 15 is 0 Å². The van der Waals surface area contributed by atoms with Crippen molar-refractivity contribution in [3.05, 3.63) is 29.8 Å². The molecule has 0 amide bonds. The molecule has 0 aromatic heterocycles. The molecule has 1 aromatic rings. The van der Waals surface area contributed by atoms with Gasteiger partial charge in [-0.3, -0.25) is 0 Å². The van der Waals surface area contributed by atoms with Crippen molar-refractivity contribution >= 4 is 11.8 Å². The van der Waals surface area contributed by atoms with Gasteiger partial charge in [-0.2, -0.15) is 11.8 Å². The van der Waals surface area contributed by atoms with E-state index in [0.29, 0.717) is 12.1 Å². The van der Waals surface area contributed by atoms with Crippen LogP contribution < -0.4 is 10.1 Å². The summed E-state index contributed by atoms with van der Waals surface area (Å²) in [6.45, 7) is 2.25. The van der Waals surface area contributed by atoms with Gasteiger partial charge in [-0.05, 0) is 43.7 Å². The molecule has 0 saturated heterocycles. The molecule has 1 saturated carbocycles. The Morgan fingerprint density at radius 2 is 2.11 bits per heavy atom. The average Bonchev–Trinajstić information content (AvgIpc) is 2.47. The lowest BCUT2D eigenvalue weighted by Crippen LogP contribution is -2.41. The predicted molar refractivity (Wildman–Crippen MR) is 84.1 cm³/mol. The Morgan fingerprint density at radius 3 is 2.84 bits per heavy atom. The molecule has 1 aliphatic rings. The first-order valence-electron chi connectivity index (χ1n) is 7.17. The average molecular weight is 279 g/mol. The van der Waals surface area contributed by atoms with Gasteiger partial charge in [0.2, 0.25) is 0 Å². The van der Waals surface area contributed by atoms with Gasteiger partial charge in [0.25, 0.3) is 0 Å². The second kappa shape index (κ2) is 7.20. The summed E-state index contributed by atoms with van der Waals surface area (Å²) in [6.07, 6.45) is 7.64. The highest BCUT2D eigenvalue weighted by molar-refractivity contribution is 7.99. The van der Waals surface area contributed by atoms with Crippen LogP contribution in [0, 0.1) is 0 Å². The van der Waals surface area contributed by atoms with Crippen LogP contribution in [0.1, 0.15) is 44.2 Å². The molecule has 0 aliphatic heterocycles. The van der Waals surface area contributed by atoms with Gasteiger partial charge < -0.3 is 10.1 Å². The van der Waals surface area contributed by atoms with Gasteiger partial charge in [0.1, 0.15) is 5.75 Å². The first-order valence-corrected chi connectivity index (χ1v) is 8.46. The zero-order valence-electron chi connectivity index (χ0n) is 12.2. The third-order valence-electron chi connectivity index (χ3n) is 4.06. The number of ether oxygens (including phenoxy) is 1. The number of hydrogen-bond donors (Lipinski definition) is 1. The highest BCUT2D eigenvalue weighted by Gasteiger charge is 2.25. The fourth-order valence-corrected chi connectivity index (χ4v) is 3.84. The van der Waals surface area contributed by atoms with E-state index < -0.39 is 0 Å². The zero-order chi connectivity index (χ0) is 13.7. The highest BCUT2D eigenvalue weighted by atomic mass is 32.2. The second-order valence-corrected chi connectivity index (χ2v) is 6.41. The molecule has 1 aromatic carbocycles. The Bertz CT molecular complexity index is 396. The molecule has 2 nitrogen and oxygen atoms in total. The lowest BCUT2D eigenvalue weighted by atomic mass is 9.93. The molecular weight excluding hydrogens is 254 g/mol. The number of hydrogen-bond acceptors (Lipinski definition) is 3. The maximum absolute atomic E-state index is 5.31. The molecule has 3 unspecified atom stereocenters. The van der Waals surface area contributed by atoms with Crippen LogP contribution in [-0.4, -0.2) is 24.7 Å². The van der Waals surface area contributed by atoms with Crippen LogP contribution in [0.3, 0.4) is 0 Å². The molecule has 0 heterocycles. The fraction of sp³-hybridized carbons (Fsp3) is 0.625. The predicted octanol–water partition coefficient (Wildman–Crippen LogP) is 4.02. The molecule has 0 spiro atoms. The van der Waals surface area contributed by atoms with E-state index in [9.17, 15) is 0 Å². The lowest BCUT2D eigenvalue weighted by Gasteiger charge is -2.33. The largest absolute Gasteiger partial charge is 0.497 e. The Morgan fingerprint density at radius 1 is 1.32 bits per heavy atom. The van der Waals surface area contributed by atoms with E-state index in [0.717, 1.165) is 11.0 Å². The Labute approximate surface area is 121 Å².